The Bertz CT molecular complexity index is 310. The molecule has 0 atom stereocenters. The molecular formula is C11H20N4O. The van der Waals surface area contributed by atoms with Crippen LogP contribution in [0.3, 0.4) is 0 Å². The summed E-state index contributed by atoms with van der Waals surface area (Å²) in [4.78, 5) is 8.34. The number of nitrogens with one attached hydrogen (secondary N) is 2. The van der Waals surface area contributed by atoms with Gasteiger partial charge in [0.05, 0.1) is 6.61 Å². The number of nitrogens with zero attached hydrogens (tertiary/aromatic N) is 2. The van der Waals surface area contributed by atoms with E-state index in [1.54, 1.807) is 12.4 Å². The Balaban J connectivity index is 2.49. The molecule has 1 aromatic rings. The van der Waals surface area contributed by atoms with Crippen LogP contribution in [0.2, 0.25) is 0 Å². The Hall–Kier alpha value is -1.20. The van der Waals surface area contributed by atoms with Crippen LogP contribution in [0.1, 0.15) is 26.3 Å². The summed E-state index contributed by atoms with van der Waals surface area (Å²) in [5.74, 6) is 0.646. The summed E-state index contributed by atoms with van der Waals surface area (Å²) in [6.07, 6.45) is 3.57. The van der Waals surface area contributed by atoms with E-state index in [0.29, 0.717) is 12.5 Å². The first kappa shape index (κ1) is 12.9. The average Bonchev–Trinajstić information content (AvgIpc) is 2.29. The third-order valence-corrected chi connectivity index (χ3v) is 2.21. The van der Waals surface area contributed by atoms with E-state index < -0.39 is 0 Å². The lowest BCUT2D eigenvalue weighted by molar-refractivity contribution is 0.187. The summed E-state index contributed by atoms with van der Waals surface area (Å²) in [6, 6.07) is 0. The van der Waals surface area contributed by atoms with Gasteiger partial charge in [0.25, 0.3) is 0 Å². The van der Waals surface area contributed by atoms with Crippen LogP contribution in [0.4, 0.5) is 5.95 Å². The number of aliphatic hydroxyl groups is 1. The summed E-state index contributed by atoms with van der Waals surface area (Å²) in [5, 5.41) is 15.3. The fourth-order valence-electron chi connectivity index (χ4n) is 1.09. The highest BCUT2D eigenvalue weighted by atomic mass is 16.3. The molecule has 0 unspecified atom stereocenters. The monoisotopic (exact) mass is 224 g/mol. The van der Waals surface area contributed by atoms with Crippen molar-refractivity contribution < 1.29 is 5.11 Å². The molecule has 0 spiro atoms. The fraction of sp³-hybridized carbons (Fsp3) is 0.636. The van der Waals surface area contributed by atoms with Crippen LogP contribution in [0.5, 0.6) is 0 Å². The highest BCUT2D eigenvalue weighted by Crippen LogP contribution is 2.04. The van der Waals surface area contributed by atoms with E-state index in [1.165, 1.54) is 0 Å². The lowest BCUT2D eigenvalue weighted by atomic mass is 10.1. The van der Waals surface area contributed by atoms with Crippen molar-refractivity contribution in [1.29, 1.82) is 0 Å². The minimum absolute atomic E-state index is 0.101. The van der Waals surface area contributed by atoms with E-state index >= 15 is 0 Å². The van der Waals surface area contributed by atoms with Crippen molar-refractivity contribution in [2.45, 2.75) is 32.9 Å². The molecule has 5 heteroatoms. The largest absolute Gasteiger partial charge is 0.394 e. The summed E-state index contributed by atoms with van der Waals surface area (Å²) < 4.78 is 0. The maximum absolute atomic E-state index is 9.08. The van der Waals surface area contributed by atoms with Crippen LogP contribution >= 0.6 is 0 Å². The second-order valence-electron chi connectivity index (χ2n) is 4.34. The molecule has 5 nitrogen and oxygen atoms in total. The minimum atomic E-state index is -0.277. The number of hydrogen-bond donors (Lipinski definition) is 3. The van der Waals surface area contributed by atoms with Gasteiger partial charge in [0.1, 0.15) is 0 Å². The smallest absolute Gasteiger partial charge is 0.222 e. The van der Waals surface area contributed by atoms with E-state index in [2.05, 4.69) is 20.6 Å². The summed E-state index contributed by atoms with van der Waals surface area (Å²) in [6.45, 7) is 7.46. The van der Waals surface area contributed by atoms with Crippen molar-refractivity contribution in [2.75, 3.05) is 18.5 Å². The van der Waals surface area contributed by atoms with Crippen molar-refractivity contribution in [1.82, 2.24) is 15.3 Å². The van der Waals surface area contributed by atoms with Gasteiger partial charge in [-0.15, -0.1) is 0 Å². The first-order valence-electron chi connectivity index (χ1n) is 5.48. The fourth-order valence-corrected chi connectivity index (χ4v) is 1.09. The SMILES string of the molecule is CCNc1ncc(CNC(C)(C)CO)cn1. The normalized spacial score (nSPS) is 11.5. The van der Waals surface area contributed by atoms with Gasteiger partial charge < -0.3 is 15.7 Å². The van der Waals surface area contributed by atoms with Crippen LogP contribution in [0.15, 0.2) is 12.4 Å². The third kappa shape index (κ3) is 4.12. The molecule has 0 saturated heterocycles. The van der Waals surface area contributed by atoms with Gasteiger partial charge in [-0.1, -0.05) is 0 Å². The van der Waals surface area contributed by atoms with Crippen LogP contribution in [-0.2, 0) is 6.54 Å². The molecule has 16 heavy (non-hydrogen) atoms. The van der Waals surface area contributed by atoms with Crippen molar-refractivity contribution >= 4 is 5.95 Å². The van der Waals surface area contributed by atoms with Gasteiger partial charge in [0.2, 0.25) is 5.95 Å². The highest BCUT2D eigenvalue weighted by Gasteiger charge is 2.14. The maximum Gasteiger partial charge on any atom is 0.222 e. The lowest BCUT2D eigenvalue weighted by Gasteiger charge is -2.23. The molecule has 0 amide bonds. The van der Waals surface area contributed by atoms with Gasteiger partial charge >= 0.3 is 0 Å². The third-order valence-electron chi connectivity index (χ3n) is 2.21. The molecule has 0 aliphatic carbocycles. The molecule has 90 valence electrons. The molecule has 0 aliphatic heterocycles. The van der Waals surface area contributed by atoms with Crippen molar-refractivity contribution in [3.8, 4) is 0 Å². The van der Waals surface area contributed by atoms with Gasteiger partial charge in [-0.2, -0.15) is 0 Å². The van der Waals surface area contributed by atoms with Gasteiger partial charge in [-0.3, -0.25) is 0 Å². The first-order chi connectivity index (χ1) is 7.57. The molecule has 0 aromatic carbocycles. The first-order valence-corrected chi connectivity index (χ1v) is 5.48. The number of rotatable bonds is 6. The van der Waals surface area contributed by atoms with E-state index in [-0.39, 0.29) is 12.1 Å². The summed E-state index contributed by atoms with van der Waals surface area (Å²) in [5.41, 5.74) is 0.726. The second kappa shape index (κ2) is 5.77. The molecule has 3 N–H and O–H groups in total. The van der Waals surface area contributed by atoms with E-state index in [1.807, 2.05) is 20.8 Å². The average molecular weight is 224 g/mol. The topological polar surface area (TPSA) is 70.1 Å². The summed E-state index contributed by atoms with van der Waals surface area (Å²) >= 11 is 0. The van der Waals surface area contributed by atoms with Crippen LogP contribution < -0.4 is 10.6 Å². The molecule has 1 rings (SSSR count). The zero-order chi connectivity index (χ0) is 12.0. The van der Waals surface area contributed by atoms with Gasteiger partial charge in [-0.25, -0.2) is 9.97 Å². The Labute approximate surface area is 96.3 Å². The van der Waals surface area contributed by atoms with Gasteiger partial charge in [0.15, 0.2) is 0 Å². The Kier molecular flexibility index (Phi) is 4.64. The Morgan fingerprint density at radius 3 is 2.44 bits per heavy atom. The summed E-state index contributed by atoms with van der Waals surface area (Å²) in [7, 11) is 0. The molecule has 1 heterocycles. The Morgan fingerprint density at radius 2 is 1.94 bits per heavy atom. The zero-order valence-corrected chi connectivity index (χ0v) is 10.1. The van der Waals surface area contributed by atoms with E-state index in [9.17, 15) is 0 Å². The molecule has 0 radical (unpaired) electrons. The van der Waals surface area contributed by atoms with Crippen LogP contribution in [0.25, 0.3) is 0 Å². The predicted molar refractivity (Wildman–Crippen MR) is 64.2 cm³/mol. The molecule has 0 bridgehead atoms. The van der Waals surface area contributed by atoms with Crippen molar-refractivity contribution in [2.24, 2.45) is 0 Å². The van der Waals surface area contributed by atoms with E-state index in [0.717, 1.165) is 12.1 Å². The van der Waals surface area contributed by atoms with Gasteiger partial charge in [0, 0.05) is 36.6 Å². The second-order valence-corrected chi connectivity index (χ2v) is 4.34. The number of anilines is 1. The predicted octanol–water partition coefficient (Wildman–Crippen LogP) is 0.769. The molecule has 0 saturated carbocycles. The van der Waals surface area contributed by atoms with E-state index in [4.69, 9.17) is 5.11 Å². The van der Waals surface area contributed by atoms with Crippen molar-refractivity contribution in [3.05, 3.63) is 18.0 Å². The lowest BCUT2D eigenvalue weighted by Crippen LogP contribution is -2.42. The van der Waals surface area contributed by atoms with Crippen LogP contribution in [-0.4, -0.2) is 33.8 Å². The Morgan fingerprint density at radius 1 is 1.31 bits per heavy atom. The van der Waals surface area contributed by atoms with Crippen molar-refractivity contribution in [3.63, 3.8) is 0 Å². The molecular weight excluding hydrogens is 204 g/mol. The number of aromatic nitrogens is 2. The standard InChI is InChI=1S/C11H20N4O/c1-4-12-10-13-5-9(6-14-10)7-15-11(2,3)8-16/h5-6,15-16H,4,7-8H2,1-3H3,(H,12,13,14). The molecule has 0 fully saturated rings. The van der Waals surface area contributed by atoms with Crippen LogP contribution in [0, 0.1) is 0 Å². The number of hydrogen-bond acceptors (Lipinski definition) is 5. The number of aliphatic hydroxyl groups excluding tert-OH is 1. The van der Waals surface area contributed by atoms with Gasteiger partial charge in [-0.05, 0) is 20.8 Å². The maximum atomic E-state index is 9.08. The highest BCUT2D eigenvalue weighted by molar-refractivity contribution is 5.24. The molecule has 0 aliphatic rings. The zero-order valence-electron chi connectivity index (χ0n) is 10.1. The quantitative estimate of drug-likeness (QED) is 0.666. The molecule has 1 aromatic heterocycles. The minimum Gasteiger partial charge on any atom is -0.394 e.